The van der Waals surface area contributed by atoms with E-state index in [9.17, 15) is 0 Å². The molecule has 1 aromatic heterocycles. The van der Waals surface area contributed by atoms with Crippen molar-refractivity contribution in [1.29, 1.82) is 5.26 Å². The molecule has 0 aliphatic rings. The van der Waals surface area contributed by atoms with Crippen LogP contribution in [0.25, 0.3) is 11.3 Å². The Morgan fingerprint density at radius 1 is 1.28 bits per heavy atom. The number of nitrogens with zero attached hydrogens (tertiary/aromatic N) is 3. The van der Waals surface area contributed by atoms with Crippen LogP contribution in [0.4, 0.5) is 11.8 Å². The van der Waals surface area contributed by atoms with Gasteiger partial charge in [0.05, 0.1) is 5.69 Å². The maximum Gasteiger partial charge on any atom is 0.222 e. The minimum absolute atomic E-state index is 0.00776. The van der Waals surface area contributed by atoms with E-state index in [1.54, 1.807) is 18.2 Å². The van der Waals surface area contributed by atoms with Gasteiger partial charge in [0.1, 0.15) is 17.5 Å². The molecular formula is C11H7BrClN5. The number of benzene rings is 1. The van der Waals surface area contributed by atoms with E-state index < -0.39 is 0 Å². The molecule has 0 atom stereocenters. The van der Waals surface area contributed by atoms with Crippen LogP contribution >= 0.6 is 27.5 Å². The number of hydrogen-bond acceptors (Lipinski definition) is 5. The first-order valence-corrected chi connectivity index (χ1v) is 5.98. The normalized spacial score (nSPS) is 10.1. The summed E-state index contributed by atoms with van der Waals surface area (Å²) >= 11 is 9.30. The fourth-order valence-corrected chi connectivity index (χ4v) is 2.09. The first kappa shape index (κ1) is 12.6. The number of halogens is 2. The van der Waals surface area contributed by atoms with Crippen LogP contribution in [-0.2, 0) is 0 Å². The average Bonchev–Trinajstić information content (AvgIpc) is 2.31. The van der Waals surface area contributed by atoms with Crippen molar-refractivity contribution in [2.45, 2.75) is 0 Å². The number of nitrogens with two attached hydrogens (primary N) is 2. The zero-order valence-corrected chi connectivity index (χ0v) is 11.3. The molecule has 2 aromatic rings. The molecule has 2 rings (SSSR count). The lowest BCUT2D eigenvalue weighted by atomic mass is 10.1. The molecule has 0 saturated carbocycles. The highest BCUT2D eigenvalue weighted by molar-refractivity contribution is 9.10. The van der Waals surface area contributed by atoms with Crippen molar-refractivity contribution in [2.24, 2.45) is 0 Å². The van der Waals surface area contributed by atoms with Crippen LogP contribution in [0, 0.1) is 11.3 Å². The van der Waals surface area contributed by atoms with Crippen molar-refractivity contribution in [1.82, 2.24) is 9.97 Å². The zero-order chi connectivity index (χ0) is 13.3. The monoisotopic (exact) mass is 323 g/mol. The number of hydrogen-bond donors (Lipinski definition) is 2. The summed E-state index contributed by atoms with van der Waals surface area (Å²) < 4.78 is 0.737. The van der Waals surface area contributed by atoms with E-state index in [4.69, 9.17) is 28.3 Å². The summed E-state index contributed by atoms with van der Waals surface area (Å²) in [7, 11) is 0. The van der Waals surface area contributed by atoms with Crippen LogP contribution in [0.3, 0.4) is 0 Å². The van der Waals surface area contributed by atoms with Gasteiger partial charge in [0.2, 0.25) is 5.95 Å². The number of rotatable bonds is 1. The fourth-order valence-electron chi connectivity index (χ4n) is 1.48. The lowest BCUT2D eigenvalue weighted by Gasteiger charge is -2.08. The van der Waals surface area contributed by atoms with Gasteiger partial charge >= 0.3 is 0 Å². The molecule has 0 fully saturated rings. The van der Waals surface area contributed by atoms with Gasteiger partial charge in [0.15, 0.2) is 0 Å². The Morgan fingerprint density at radius 2 is 2.00 bits per heavy atom. The lowest BCUT2D eigenvalue weighted by Crippen LogP contribution is -2.05. The van der Waals surface area contributed by atoms with E-state index in [2.05, 4.69) is 25.9 Å². The summed E-state index contributed by atoms with van der Waals surface area (Å²) in [4.78, 5) is 7.81. The van der Waals surface area contributed by atoms with E-state index >= 15 is 0 Å². The van der Waals surface area contributed by atoms with Gasteiger partial charge in [-0.2, -0.15) is 10.2 Å². The van der Waals surface area contributed by atoms with E-state index in [0.29, 0.717) is 16.3 Å². The van der Waals surface area contributed by atoms with E-state index in [0.717, 1.165) is 4.47 Å². The first-order chi connectivity index (χ1) is 8.52. The van der Waals surface area contributed by atoms with Gasteiger partial charge in [-0.15, -0.1) is 0 Å². The number of aromatic nitrogens is 2. The summed E-state index contributed by atoms with van der Waals surface area (Å²) in [6, 6.07) is 7.12. The van der Waals surface area contributed by atoms with Crippen molar-refractivity contribution in [2.75, 3.05) is 11.5 Å². The van der Waals surface area contributed by atoms with Crippen molar-refractivity contribution in [3.8, 4) is 17.3 Å². The van der Waals surface area contributed by atoms with Gasteiger partial charge in [0.25, 0.3) is 0 Å². The SMILES string of the molecule is N#Cc1c(N)nc(N)nc1-c1cc(Cl)ccc1Br. The highest BCUT2D eigenvalue weighted by Crippen LogP contribution is 2.33. The van der Waals surface area contributed by atoms with Crippen LogP contribution in [0.15, 0.2) is 22.7 Å². The molecular weight excluding hydrogens is 318 g/mol. The molecule has 5 nitrogen and oxygen atoms in total. The number of nitrogen functional groups attached to an aromatic ring is 2. The Labute approximate surface area is 117 Å². The molecule has 7 heteroatoms. The molecule has 0 radical (unpaired) electrons. The molecule has 18 heavy (non-hydrogen) atoms. The molecule has 0 bridgehead atoms. The second kappa shape index (κ2) is 4.80. The van der Waals surface area contributed by atoms with Gasteiger partial charge in [-0.3, -0.25) is 0 Å². The van der Waals surface area contributed by atoms with Crippen molar-refractivity contribution >= 4 is 39.3 Å². The van der Waals surface area contributed by atoms with Crippen LogP contribution in [0.2, 0.25) is 5.02 Å². The van der Waals surface area contributed by atoms with Gasteiger partial charge < -0.3 is 11.5 Å². The number of anilines is 2. The smallest absolute Gasteiger partial charge is 0.222 e. The molecule has 0 unspecified atom stereocenters. The van der Waals surface area contributed by atoms with Gasteiger partial charge in [-0.25, -0.2) is 4.98 Å². The molecule has 90 valence electrons. The van der Waals surface area contributed by atoms with E-state index in [1.807, 2.05) is 6.07 Å². The molecule has 4 N–H and O–H groups in total. The Kier molecular flexibility index (Phi) is 3.36. The Hall–Kier alpha value is -1.84. The predicted octanol–water partition coefficient (Wildman–Crippen LogP) is 2.60. The van der Waals surface area contributed by atoms with Gasteiger partial charge in [-0.05, 0) is 18.2 Å². The third-order valence-electron chi connectivity index (χ3n) is 2.25. The molecule has 0 spiro atoms. The molecule has 0 aliphatic heterocycles. The predicted molar refractivity (Wildman–Crippen MR) is 73.7 cm³/mol. The van der Waals surface area contributed by atoms with Crippen LogP contribution in [0.1, 0.15) is 5.56 Å². The van der Waals surface area contributed by atoms with Crippen LogP contribution in [-0.4, -0.2) is 9.97 Å². The minimum atomic E-state index is 0.00776. The van der Waals surface area contributed by atoms with Crippen LogP contribution in [0.5, 0.6) is 0 Å². The summed E-state index contributed by atoms with van der Waals surface area (Å²) in [5.74, 6) is 0.0558. The average molecular weight is 325 g/mol. The molecule has 0 amide bonds. The second-order valence-electron chi connectivity index (χ2n) is 3.43. The summed E-state index contributed by atoms with van der Waals surface area (Å²) in [6.07, 6.45) is 0. The third-order valence-corrected chi connectivity index (χ3v) is 3.18. The Balaban J connectivity index is 2.78. The number of nitriles is 1. The Bertz CT molecular complexity index is 665. The topological polar surface area (TPSA) is 102 Å². The summed E-state index contributed by atoms with van der Waals surface area (Å²) in [5.41, 5.74) is 12.4. The maximum absolute atomic E-state index is 9.11. The second-order valence-corrected chi connectivity index (χ2v) is 4.72. The van der Waals surface area contributed by atoms with E-state index in [1.165, 1.54) is 0 Å². The molecule has 1 aromatic carbocycles. The minimum Gasteiger partial charge on any atom is -0.382 e. The van der Waals surface area contributed by atoms with Crippen molar-refractivity contribution in [3.05, 3.63) is 33.3 Å². The highest BCUT2D eigenvalue weighted by atomic mass is 79.9. The quantitative estimate of drug-likeness (QED) is 0.839. The van der Waals surface area contributed by atoms with Gasteiger partial charge in [-0.1, -0.05) is 27.5 Å². The van der Waals surface area contributed by atoms with Crippen molar-refractivity contribution in [3.63, 3.8) is 0 Å². The van der Waals surface area contributed by atoms with Crippen molar-refractivity contribution < 1.29 is 0 Å². The highest BCUT2D eigenvalue weighted by Gasteiger charge is 2.15. The Morgan fingerprint density at radius 3 is 2.67 bits per heavy atom. The summed E-state index contributed by atoms with van der Waals surface area (Å²) in [6.45, 7) is 0. The fraction of sp³-hybridized carbons (Fsp3) is 0. The maximum atomic E-state index is 9.11. The lowest BCUT2D eigenvalue weighted by molar-refractivity contribution is 1.18. The molecule has 0 saturated heterocycles. The largest absolute Gasteiger partial charge is 0.382 e. The first-order valence-electron chi connectivity index (χ1n) is 4.81. The third kappa shape index (κ3) is 2.23. The van der Waals surface area contributed by atoms with E-state index in [-0.39, 0.29) is 17.3 Å². The van der Waals surface area contributed by atoms with Crippen LogP contribution < -0.4 is 11.5 Å². The summed E-state index contributed by atoms with van der Waals surface area (Å²) in [5, 5.41) is 9.63. The molecule has 1 heterocycles. The standard InChI is InChI=1S/C11H7BrClN5/c12-8-2-1-5(13)3-6(8)9-7(4-14)10(15)18-11(16)17-9/h1-3H,(H4,15,16,17,18). The zero-order valence-electron chi connectivity index (χ0n) is 8.98. The van der Waals surface area contributed by atoms with Gasteiger partial charge in [0, 0.05) is 15.1 Å². The molecule has 0 aliphatic carbocycles.